The standard InChI is InChI=1S/C43H35BFN2O/c1-2-3-28-48-36-26-24-35(25-27-36)41-42-37(31-16-8-4-9-17-31)29-39(33-20-12-6-13-21-33)46(42)44(45)47-40(34-22-14-7-15-23-34)30-38(43(41)47)32-18-10-5-11-19-32/h4-27,29-30H,2-3,28H2,1H3/q+1. The van der Waals surface area contributed by atoms with Gasteiger partial charge in [0.25, 0.3) is 0 Å². The Balaban J connectivity index is 1.48. The van der Waals surface area contributed by atoms with Crippen molar-refractivity contribution in [2.75, 3.05) is 6.61 Å². The molecule has 5 heteroatoms. The second-order valence-corrected chi connectivity index (χ2v) is 12.2. The van der Waals surface area contributed by atoms with Crippen LogP contribution in [0.25, 0.3) is 33.5 Å². The number of hydrogen-bond donors (Lipinski definition) is 0. The van der Waals surface area contributed by atoms with Crippen LogP contribution in [0.2, 0.25) is 0 Å². The van der Waals surface area contributed by atoms with Crippen LogP contribution in [0.5, 0.6) is 5.75 Å². The van der Waals surface area contributed by atoms with Gasteiger partial charge in [-0.1, -0.05) is 135 Å². The minimum Gasteiger partial charge on any atom is -0.494 e. The van der Waals surface area contributed by atoms with Crippen molar-refractivity contribution in [3.05, 3.63) is 186 Å². The molecular weight excluding hydrogens is 590 g/mol. The molecule has 0 aliphatic carbocycles. The molecule has 3 nitrogen and oxygen atoms in total. The fourth-order valence-corrected chi connectivity index (χ4v) is 6.89. The second-order valence-electron chi connectivity index (χ2n) is 12.2. The number of ether oxygens (including phenoxy) is 1. The summed E-state index contributed by atoms with van der Waals surface area (Å²) >= 11 is 0. The average Bonchev–Trinajstić information content (AvgIpc) is 3.75. The number of aromatic nitrogens is 1. The third-order valence-electron chi connectivity index (χ3n) is 9.19. The molecule has 0 spiro atoms. The normalized spacial score (nSPS) is 13.8. The lowest BCUT2D eigenvalue weighted by molar-refractivity contribution is -0.332. The van der Waals surface area contributed by atoms with E-state index in [0.717, 1.165) is 85.9 Å². The molecule has 48 heavy (non-hydrogen) atoms. The monoisotopic (exact) mass is 625 g/mol. The zero-order valence-corrected chi connectivity index (χ0v) is 26.9. The van der Waals surface area contributed by atoms with Crippen molar-refractivity contribution in [3.8, 4) is 28.1 Å². The second kappa shape index (κ2) is 12.8. The summed E-state index contributed by atoms with van der Waals surface area (Å²) in [6.07, 6.45) is 4.24. The lowest BCUT2D eigenvalue weighted by Crippen LogP contribution is -2.41. The van der Waals surface area contributed by atoms with E-state index in [1.54, 1.807) is 0 Å². The van der Waals surface area contributed by atoms with Crippen molar-refractivity contribution in [1.82, 2.24) is 4.48 Å². The van der Waals surface area contributed by atoms with Crippen LogP contribution in [0.4, 0.5) is 4.32 Å². The molecule has 0 amide bonds. The summed E-state index contributed by atoms with van der Waals surface area (Å²) in [5.74, 6) is 0.833. The molecular formula is C43H35BFN2O+. The molecule has 3 heterocycles. The maximum Gasteiger partial charge on any atom is 0.847 e. The molecule has 1 aromatic heterocycles. The van der Waals surface area contributed by atoms with E-state index in [9.17, 15) is 0 Å². The van der Waals surface area contributed by atoms with Crippen LogP contribution in [0.1, 0.15) is 42.1 Å². The molecule has 0 unspecified atom stereocenters. The Morgan fingerprint density at radius 1 is 0.646 bits per heavy atom. The summed E-state index contributed by atoms with van der Waals surface area (Å²) in [6, 6.07) is 51.5. The fraction of sp³-hybridized carbons (Fsp3) is 0.0930. The van der Waals surface area contributed by atoms with Gasteiger partial charge in [-0.15, -0.1) is 0 Å². The number of rotatable bonds is 9. The summed E-state index contributed by atoms with van der Waals surface area (Å²) in [7, 11) is -1.50. The van der Waals surface area contributed by atoms with Crippen LogP contribution in [-0.2, 0) is 0 Å². The molecule has 0 radical (unpaired) electrons. The van der Waals surface area contributed by atoms with E-state index in [4.69, 9.17) is 4.74 Å². The highest BCUT2D eigenvalue weighted by molar-refractivity contribution is 6.46. The van der Waals surface area contributed by atoms with E-state index in [2.05, 4.69) is 79.7 Å². The Kier molecular flexibility index (Phi) is 7.95. The van der Waals surface area contributed by atoms with Crippen LogP contribution in [-0.4, -0.2) is 28.5 Å². The molecule has 0 atom stereocenters. The van der Waals surface area contributed by atoms with Crippen molar-refractivity contribution < 1.29 is 13.5 Å². The smallest absolute Gasteiger partial charge is 0.494 e. The van der Waals surface area contributed by atoms with E-state index in [0.29, 0.717) is 6.61 Å². The molecule has 0 N–H and O–H groups in total. The molecule has 0 fully saturated rings. The number of benzene rings is 5. The van der Waals surface area contributed by atoms with Crippen molar-refractivity contribution in [2.45, 2.75) is 19.8 Å². The minimum absolute atomic E-state index is 0.679. The predicted octanol–water partition coefficient (Wildman–Crippen LogP) is 10.2. The van der Waals surface area contributed by atoms with Gasteiger partial charge in [-0.05, 0) is 59.0 Å². The SMILES string of the molecule is CCCCOc1ccc(C2=C3C(c4ccccc4)=CC(c4ccccc4)=[N+]3B(F)n3c(-c4ccccc4)cc(-c4ccccc4)c32)cc1. The highest BCUT2D eigenvalue weighted by Gasteiger charge is 2.54. The molecule has 8 rings (SSSR count). The Morgan fingerprint density at radius 2 is 1.21 bits per heavy atom. The number of allylic oxidation sites excluding steroid dienone is 2. The summed E-state index contributed by atoms with van der Waals surface area (Å²) in [5, 5.41) is 0. The maximum absolute atomic E-state index is 17.9. The maximum atomic E-state index is 17.9. The lowest BCUT2D eigenvalue weighted by atomic mass is 9.84. The van der Waals surface area contributed by atoms with Crippen molar-refractivity contribution >= 4 is 24.1 Å². The van der Waals surface area contributed by atoms with E-state index >= 15 is 4.32 Å². The van der Waals surface area contributed by atoms with Gasteiger partial charge in [0.2, 0.25) is 5.70 Å². The summed E-state index contributed by atoms with van der Waals surface area (Å²) in [6.45, 7) is 2.84. The van der Waals surface area contributed by atoms with Crippen LogP contribution in [0.3, 0.4) is 0 Å². The molecule has 232 valence electrons. The van der Waals surface area contributed by atoms with Gasteiger partial charge in [0.15, 0.2) is 5.71 Å². The zero-order chi connectivity index (χ0) is 32.5. The minimum atomic E-state index is -1.50. The first-order valence-electron chi connectivity index (χ1n) is 16.7. The quantitative estimate of drug-likeness (QED) is 0.115. The van der Waals surface area contributed by atoms with Gasteiger partial charge in [-0.2, -0.15) is 0 Å². The molecule has 2 aliphatic rings. The first-order valence-corrected chi connectivity index (χ1v) is 16.7. The van der Waals surface area contributed by atoms with Gasteiger partial charge in [-0.25, -0.2) is 8.80 Å². The van der Waals surface area contributed by atoms with Gasteiger partial charge in [0, 0.05) is 22.9 Å². The molecule has 0 bridgehead atoms. The van der Waals surface area contributed by atoms with Gasteiger partial charge >= 0.3 is 7.26 Å². The Labute approximate surface area is 281 Å². The number of hydrogen-bond acceptors (Lipinski definition) is 1. The highest BCUT2D eigenvalue weighted by atomic mass is 19.1. The van der Waals surface area contributed by atoms with Crippen molar-refractivity contribution in [3.63, 3.8) is 0 Å². The Hall–Kier alpha value is -5.68. The van der Waals surface area contributed by atoms with Crippen molar-refractivity contribution in [1.29, 1.82) is 0 Å². The molecule has 0 saturated carbocycles. The number of fused-ring (bicyclic) bond motifs is 2. The predicted molar refractivity (Wildman–Crippen MR) is 196 cm³/mol. The highest BCUT2D eigenvalue weighted by Crippen LogP contribution is 2.48. The first kappa shape index (κ1) is 29.7. The molecule has 5 aromatic carbocycles. The Morgan fingerprint density at radius 3 is 1.81 bits per heavy atom. The van der Waals surface area contributed by atoms with Gasteiger partial charge in [0.1, 0.15) is 5.75 Å². The first-order chi connectivity index (χ1) is 23.7. The third kappa shape index (κ3) is 5.22. The van der Waals surface area contributed by atoms with E-state index in [-0.39, 0.29) is 0 Å². The van der Waals surface area contributed by atoms with Gasteiger partial charge < -0.3 is 4.74 Å². The third-order valence-corrected chi connectivity index (χ3v) is 9.19. The topological polar surface area (TPSA) is 17.2 Å². The summed E-state index contributed by atoms with van der Waals surface area (Å²) in [4.78, 5) is 0. The lowest BCUT2D eigenvalue weighted by Gasteiger charge is -2.24. The zero-order valence-electron chi connectivity index (χ0n) is 26.9. The van der Waals surface area contributed by atoms with Gasteiger partial charge in [-0.3, -0.25) is 4.48 Å². The van der Waals surface area contributed by atoms with Crippen molar-refractivity contribution in [2.24, 2.45) is 0 Å². The molecule has 2 aliphatic heterocycles. The van der Waals surface area contributed by atoms with Crippen LogP contribution < -0.4 is 4.74 Å². The van der Waals surface area contributed by atoms with E-state index in [1.165, 1.54) is 0 Å². The summed E-state index contributed by atoms with van der Waals surface area (Å²) < 4.78 is 27.8. The van der Waals surface area contributed by atoms with Crippen LogP contribution in [0.15, 0.2) is 163 Å². The average molecular weight is 626 g/mol. The molecule has 6 aromatic rings. The molecule has 0 saturated heterocycles. The number of unbranched alkanes of at least 4 members (excludes halogenated alkanes) is 1. The number of halogens is 1. The number of nitrogens with zero attached hydrogens (tertiary/aromatic N) is 2. The fourth-order valence-electron chi connectivity index (χ4n) is 6.89. The van der Waals surface area contributed by atoms with Crippen LogP contribution in [0, 0.1) is 0 Å². The Bertz CT molecular complexity index is 2170. The van der Waals surface area contributed by atoms with E-state index in [1.807, 2.05) is 93.9 Å². The van der Waals surface area contributed by atoms with E-state index < -0.39 is 7.26 Å². The largest absolute Gasteiger partial charge is 0.847 e. The van der Waals surface area contributed by atoms with Crippen LogP contribution >= 0.6 is 0 Å². The van der Waals surface area contributed by atoms with Gasteiger partial charge in [0.05, 0.1) is 23.4 Å². The summed E-state index contributed by atoms with van der Waals surface area (Å²) in [5.41, 5.74) is 11.3.